The maximum atomic E-state index is 11.3. The summed E-state index contributed by atoms with van der Waals surface area (Å²) < 4.78 is 0.172. The Morgan fingerprint density at radius 1 is 1.55 bits per heavy atom. The highest BCUT2D eigenvalue weighted by Gasteiger charge is 2.25. The molecule has 0 unspecified atom stereocenters. The Morgan fingerprint density at radius 2 is 2.00 bits per heavy atom. The fraction of sp³-hybridized carbons (Fsp3) is 0.625. The number of quaternary nitrogens is 1. The van der Waals surface area contributed by atoms with Gasteiger partial charge < -0.3 is 5.11 Å². The van der Waals surface area contributed by atoms with E-state index >= 15 is 0 Å². The highest BCUT2D eigenvalue weighted by Crippen LogP contribution is 2.03. The summed E-state index contributed by atoms with van der Waals surface area (Å²) in [5.74, 6) is -0.0287. The van der Waals surface area contributed by atoms with Gasteiger partial charge in [0.1, 0.15) is 6.54 Å². The molecule has 0 spiro atoms. The molecule has 1 N–H and O–H groups in total. The predicted molar refractivity (Wildman–Crippen MR) is 43.9 cm³/mol. The number of likely N-dealkylation sites (N-methyl/N-ethyl adjacent to an activating group) is 1. The summed E-state index contributed by atoms with van der Waals surface area (Å²) in [7, 11) is 3.51. The lowest BCUT2D eigenvalue weighted by Crippen LogP contribution is -2.47. The smallest absolute Gasteiger partial charge is 0.340 e. The molecule has 0 heterocycles. The highest BCUT2D eigenvalue weighted by molar-refractivity contribution is 5.86. The minimum Gasteiger partial charge on any atom is -0.390 e. The summed E-state index contributed by atoms with van der Waals surface area (Å²) in [5.41, 5.74) is 0.531. The first-order valence-electron chi connectivity index (χ1n) is 3.56. The first-order valence-corrected chi connectivity index (χ1v) is 3.56. The molecule has 0 saturated carbocycles. The van der Waals surface area contributed by atoms with Crippen LogP contribution in [0, 0.1) is 0 Å². The van der Waals surface area contributed by atoms with Gasteiger partial charge in [0.05, 0.1) is 20.7 Å². The molecule has 0 rings (SSSR count). The molecule has 0 bridgehead atoms. The summed E-state index contributed by atoms with van der Waals surface area (Å²) in [4.78, 5) is 11.3. The summed E-state index contributed by atoms with van der Waals surface area (Å²) in [5, 5.41) is 8.64. The Bertz CT molecular complexity index is 173. The molecule has 0 aromatic rings. The van der Waals surface area contributed by atoms with Gasteiger partial charge in [-0.3, -0.25) is 4.48 Å². The molecule has 0 aromatic carbocycles. The van der Waals surface area contributed by atoms with E-state index in [1.807, 2.05) is 0 Å². The molecular formula is C8H16NO2+. The molecule has 64 valence electrons. The quantitative estimate of drug-likeness (QED) is 0.469. The van der Waals surface area contributed by atoms with Gasteiger partial charge in [0.15, 0.2) is 0 Å². The van der Waals surface area contributed by atoms with Crippen LogP contribution in [0.1, 0.15) is 6.92 Å². The van der Waals surface area contributed by atoms with Gasteiger partial charge in [0.2, 0.25) is 0 Å². The van der Waals surface area contributed by atoms with Crippen molar-refractivity contribution in [2.45, 2.75) is 6.92 Å². The zero-order valence-electron chi connectivity index (χ0n) is 7.42. The van der Waals surface area contributed by atoms with E-state index in [9.17, 15) is 4.79 Å². The highest BCUT2D eigenvalue weighted by atomic mass is 16.3. The minimum atomic E-state index is -0.0287. The van der Waals surface area contributed by atoms with Crippen LogP contribution in [0.5, 0.6) is 0 Å². The van der Waals surface area contributed by atoms with Gasteiger partial charge in [-0.15, -0.1) is 0 Å². The Labute approximate surface area is 67.5 Å². The second kappa shape index (κ2) is 3.64. The number of aliphatic hydroxyl groups is 1. The minimum absolute atomic E-state index is 0.0199. The van der Waals surface area contributed by atoms with Crippen LogP contribution in [0.15, 0.2) is 12.2 Å². The Balaban J connectivity index is 4.29. The number of carbonyl (C=O) groups is 1. The lowest BCUT2D eigenvalue weighted by atomic mass is 10.3. The molecule has 0 aromatic heterocycles. The molecule has 0 atom stereocenters. The summed E-state index contributed by atoms with van der Waals surface area (Å²) in [6, 6.07) is 0. The topological polar surface area (TPSA) is 37.3 Å². The number of carbonyl (C=O) groups excluding carboxylic acids is 1. The first kappa shape index (κ1) is 10.3. The molecule has 1 amide bonds. The fourth-order valence-electron chi connectivity index (χ4n) is 0.868. The van der Waals surface area contributed by atoms with E-state index in [1.165, 1.54) is 0 Å². The van der Waals surface area contributed by atoms with E-state index in [0.29, 0.717) is 12.1 Å². The van der Waals surface area contributed by atoms with Crippen LogP contribution >= 0.6 is 0 Å². The van der Waals surface area contributed by atoms with Crippen molar-refractivity contribution >= 4 is 5.91 Å². The van der Waals surface area contributed by atoms with E-state index < -0.39 is 0 Å². The lowest BCUT2D eigenvalue weighted by Gasteiger charge is -2.25. The van der Waals surface area contributed by atoms with Crippen molar-refractivity contribution in [2.24, 2.45) is 0 Å². The zero-order valence-corrected chi connectivity index (χ0v) is 7.42. The van der Waals surface area contributed by atoms with E-state index in [1.54, 1.807) is 21.0 Å². The number of amides is 1. The van der Waals surface area contributed by atoms with E-state index in [-0.39, 0.29) is 17.0 Å². The van der Waals surface area contributed by atoms with Crippen molar-refractivity contribution in [3.63, 3.8) is 0 Å². The third-order valence-corrected chi connectivity index (χ3v) is 1.57. The first-order chi connectivity index (χ1) is 4.91. The fourth-order valence-corrected chi connectivity index (χ4v) is 0.868. The number of nitrogens with zero attached hydrogens (tertiary/aromatic N) is 1. The van der Waals surface area contributed by atoms with Gasteiger partial charge in [0.25, 0.3) is 0 Å². The van der Waals surface area contributed by atoms with Crippen LogP contribution in [-0.2, 0) is 4.79 Å². The standard InChI is InChI=1S/C8H16NO2/c1-7(2)8(11)9(3,4)5-6-10/h10H,1,5-6H2,2-4H3/q+1. The lowest BCUT2D eigenvalue weighted by molar-refractivity contribution is -0.812. The van der Waals surface area contributed by atoms with Crippen molar-refractivity contribution in [3.05, 3.63) is 12.2 Å². The zero-order chi connectivity index (χ0) is 9.07. The monoisotopic (exact) mass is 158 g/mol. The van der Waals surface area contributed by atoms with Crippen LogP contribution in [0.25, 0.3) is 0 Å². The Kier molecular flexibility index (Phi) is 3.42. The third kappa shape index (κ3) is 2.82. The average Bonchev–Trinajstić information content (AvgIpc) is 1.86. The molecule has 0 saturated heterocycles. The largest absolute Gasteiger partial charge is 0.390 e. The maximum Gasteiger partial charge on any atom is 0.340 e. The summed E-state index contributed by atoms with van der Waals surface area (Å²) >= 11 is 0. The molecule has 0 fully saturated rings. The molecule has 0 aliphatic carbocycles. The normalized spacial score (nSPS) is 11.3. The van der Waals surface area contributed by atoms with Gasteiger partial charge in [-0.25, -0.2) is 4.79 Å². The van der Waals surface area contributed by atoms with Crippen molar-refractivity contribution in [3.8, 4) is 0 Å². The number of hydrogen-bond acceptors (Lipinski definition) is 2. The molecule has 11 heavy (non-hydrogen) atoms. The molecule has 0 aliphatic rings. The SMILES string of the molecule is C=C(C)C(=O)[N+](C)(C)CCO. The van der Waals surface area contributed by atoms with Crippen LogP contribution < -0.4 is 0 Å². The maximum absolute atomic E-state index is 11.3. The average molecular weight is 158 g/mol. The molecule has 0 radical (unpaired) electrons. The summed E-state index contributed by atoms with van der Waals surface area (Å²) in [6.07, 6.45) is 0. The predicted octanol–water partition coefficient (Wildman–Crippen LogP) is 0.158. The van der Waals surface area contributed by atoms with Crippen molar-refractivity contribution in [2.75, 3.05) is 27.2 Å². The molecular weight excluding hydrogens is 142 g/mol. The van der Waals surface area contributed by atoms with Crippen molar-refractivity contribution in [1.82, 2.24) is 0 Å². The van der Waals surface area contributed by atoms with Gasteiger partial charge in [-0.05, 0) is 6.92 Å². The van der Waals surface area contributed by atoms with E-state index in [4.69, 9.17) is 5.11 Å². The Morgan fingerprint density at radius 3 is 2.27 bits per heavy atom. The van der Waals surface area contributed by atoms with Gasteiger partial charge >= 0.3 is 5.91 Å². The number of hydrogen-bond donors (Lipinski definition) is 1. The Hall–Kier alpha value is -0.670. The van der Waals surface area contributed by atoms with Crippen LogP contribution in [0.4, 0.5) is 0 Å². The number of aliphatic hydroxyl groups excluding tert-OH is 1. The summed E-state index contributed by atoms with van der Waals surface area (Å²) in [6.45, 7) is 5.69. The molecule has 3 heteroatoms. The second-order valence-corrected chi connectivity index (χ2v) is 3.22. The van der Waals surface area contributed by atoms with Crippen LogP contribution in [-0.4, -0.2) is 42.7 Å². The molecule has 3 nitrogen and oxygen atoms in total. The van der Waals surface area contributed by atoms with Crippen LogP contribution in [0.3, 0.4) is 0 Å². The third-order valence-electron chi connectivity index (χ3n) is 1.57. The van der Waals surface area contributed by atoms with E-state index in [0.717, 1.165) is 0 Å². The molecule has 0 aliphatic heterocycles. The van der Waals surface area contributed by atoms with E-state index in [2.05, 4.69) is 6.58 Å². The second-order valence-electron chi connectivity index (χ2n) is 3.22. The van der Waals surface area contributed by atoms with Crippen molar-refractivity contribution < 1.29 is 14.4 Å². The van der Waals surface area contributed by atoms with Gasteiger partial charge in [-0.1, -0.05) is 6.58 Å². The van der Waals surface area contributed by atoms with Crippen LogP contribution in [0.2, 0.25) is 0 Å². The van der Waals surface area contributed by atoms with Crippen molar-refractivity contribution in [1.29, 1.82) is 0 Å². The van der Waals surface area contributed by atoms with Gasteiger partial charge in [-0.2, -0.15) is 0 Å². The number of rotatable bonds is 3. The van der Waals surface area contributed by atoms with Gasteiger partial charge in [0, 0.05) is 5.57 Å².